The SMILES string of the molecule is CC#CCOc1ccc(Br)c(CNCCC)c1. The topological polar surface area (TPSA) is 21.3 Å². The number of nitrogens with one attached hydrogen (secondary N) is 1. The maximum atomic E-state index is 5.53. The minimum Gasteiger partial charge on any atom is -0.481 e. The first-order valence-corrected chi connectivity index (χ1v) is 6.58. The summed E-state index contributed by atoms with van der Waals surface area (Å²) in [5.41, 5.74) is 1.21. The Morgan fingerprint density at radius 2 is 2.24 bits per heavy atom. The quantitative estimate of drug-likeness (QED) is 0.642. The number of hydrogen-bond donors (Lipinski definition) is 1. The van der Waals surface area contributed by atoms with Gasteiger partial charge in [0.2, 0.25) is 0 Å². The van der Waals surface area contributed by atoms with E-state index in [1.807, 2.05) is 25.1 Å². The minimum absolute atomic E-state index is 0.444. The van der Waals surface area contributed by atoms with E-state index in [2.05, 4.69) is 40.0 Å². The average Bonchev–Trinajstić information content (AvgIpc) is 2.33. The molecule has 1 rings (SSSR count). The Balaban J connectivity index is 2.61. The molecule has 0 aliphatic heterocycles. The molecule has 0 radical (unpaired) electrons. The highest BCUT2D eigenvalue weighted by Crippen LogP contribution is 2.22. The third-order valence-electron chi connectivity index (χ3n) is 2.25. The molecule has 0 spiro atoms. The first kappa shape index (κ1) is 14.1. The molecule has 3 heteroatoms. The second kappa shape index (κ2) is 8.16. The van der Waals surface area contributed by atoms with Gasteiger partial charge in [-0.3, -0.25) is 0 Å². The molecule has 0 aliphatic carbocycles. The van der Waals surface area contributed by atoms with Crippen LogP contribution in [0.5, 0.6) is 5.75 Å². The largest absolute Gasteiger partial charge is 0.481 e. The van der Waals surface area contributed by atoms with Crippen LogP contribution in [0.2, 0.25) is 0 Å². The Morgan fingerprint density at radius 3 is 2.94 bits per heavy atom. The van der Waals surface area contributed by atoms with Gasteiger partial charge in [0.05, 0.1) is 0 Å². The Kier molecular flexibility index (Phi) is 6.76. The van der Waals surface area contributed by atoms with Crippen molar-refractivity contribution in [3.05, 3.63) is 28.2 Å². The number of halogens is 1. The zero-order valence-corrected chi connectivity index (χ0v) is 11.9. The van der Waals surface area contributed by atoms with Gasteiger partial charge in [0, 0.05) is 11.0 Å². The van der Waals surface area contributed by atoms with Gasteiger partial charge in [-0.15, -0.1) is 5.92 Å². The molecule has 17 heavy (non-hydrogen) atoms. The van der Waals surface area contributed by atoms with Crippen LogP contribution in [-0.4, -0.2) is 13.2 Å². The van der Waals surface area contributed by atoms with Crippen LogP contribution in [0.15, 0.2) is 22.7 Å². The summed E-state index contributed by atoms with van der Waals surface area (Å²) < 4.78 is 6.63. The van der Waals surface area contributed by atoms with E-state index in [1.54, 1.807) is 0 Å². The average molecular weight is 296 g/mol. The van der Waals surface area contributed by atoms with Crippen LogP contribution in [0, 0.1) is 11.8 Å². The van der Waals surface area contributed by atoms with E-state index in [-0.39, 0.29) is 0 Å². The first-order chi connectivity index (χ1) is 8.27. The van der Waals surface area contributed by atoms with E-state index in [0.717, 1.165) is 29.7 Å². The fourth-order valence-corrected chi connectivity index (χ4v) is 1.75. The Morgan fingerprint density at radius 1 is 1.41 bits per heavy atom. The van der Waals surface area contributed by atoms with E-state index in [9.17, 15) is 0 Å². The zero-order valence-electron chi connectivity index (χ0n) is 10.3. The van der Waals surface area contributed by atoms with Gasteiger partial charge >= 0.3 is 0 Å². The van der Waals surface area contributed by atoms with Crippen LogP contribution in [0.25, 0.3) is 0 Å². The lowest BCUT2D eigenvalue weighted by molar-refractivity contribution is 0.369. The van der Waals surface area contributed by atoms with E-state index in [1.165, 1.54) is 5.56 Å². The molecule has 0 fully saturated rings. The van der Waals surface area contributed by atoms with Gasteiger partial charge in [-0.25, -0.2) is 0 Å². The maximum absolute atomic E-state index is 5.53. The molecule has 0 aromatic heterocycles. The molecule has 0 unspecified atom stereocenters. The van der Waals surface area contributed by atoms with Gasteiger partial charge < -0.3 is 10.1 Å². The number of benzene rings is 1. The predicted octanol–water partition coefficient (Wildman–Crippen LogP) is 3.35. The second-order valence-electron chi connectivity index (χ2n) is 3.65. The zero-order chi connectivity index (χ0) is 12.5. The lowest BCUT2D eigenvalue weighted by Gasteiger charge is -2.09. The van der Waals surface area contributed by atoms with Gasteiger partial charge in [0.1, 0.15) is 12.4 Å². The number of hydrogen-bond acceptors (Lipinski definition) is 2. The molecule has 0 bridgehead atoms. The molecule has 0 amide bonds. The van der Waals surface area contributed by atoms with Crippen molar-refractivity contribution < 1.29 is 4.74 Å². The summed E-state index contributed by atoms with van der Waals surface area (Å²) in [6, 6.07) is 6.01. The Bertz CT molecular complexity index is 406. The third kappa shape index (κ3) is 5.25. The molecule has 0 saturated heterocycles. The lowest BCUT2D eigenvalue weighted by Crippen LogP contribution is -2.14. The van der Waals surface area contributed by atoms with Crippen molar-refractivity contribution >= 4 is 15.9 Å². The monoisotopic (exact) mass is 295 g/mol. The van der Waals surface area contributed by atoms with Crippen molar-refractivity contribution in [3.63, 3.8) is 0 Å². The third-order valence-corrected chi connectivity index (χ3v) is 3.02. The Labute approximate surface area is 112 Å². The van der Waals surface area contributed by atoms with E-state index in [4.69, 9.17) is 4.74 Å². The van der Waals surface area contributed by atoms with Crippen LogP contribution in [0.3, 0.4) is 0 Å². The van der Waals surface area contributed by atoms with Gasteiger partial charge in [0.25, 0.3) is 0 Å². The van der Waals surface area contributed by atoms with Crippen molar-refractivity contribution in [2.75, 3.05) is 13.2 Å². The van der Waals surface area contributed by atoms with E-state index >= 15 is 0 Å². The summed E-state index contributed by atoms with van der Waals surface area (Å²) in [5.74, 6) is 6.56. The molecular weight excluding hydrogens is 278 g/mol. The van der Waals surface area contributed by atoms with Crippen LogP contribution < -0.4 is 10.1 Å². The highest BCUT2D eigenvalue weighted by molar-refractivity contribution is 9.10. The fourth-order valence-electron chi connectivity index (χ4n) is 1.37. The molecule has 1 N–H and O–H groups in total. The predicted molar refractivity (Wildman–Crippen MR) is 75.1 cm³/mol. The molecule has 92 valence electrons. The molecule has 1 aromatic rings. The molecule has 2 nitrogen and oxygen atoms in total. The van der Waals surface area contributed by atoms with Crippen molar-refractivity contribution in [1.82, 2.24) is 5.32 Å². The molecule has 0 atom stereocenters. The van der Waals surface area contributed by atoms with Crippen LogP contribution in [-0.2, 0) is 6.54 Å². The highest BCUT2D eigenvalue weighted by atomic mass is 79.9. The maximum Gasteiger partial charge on any atom is 0.149 e. The molecule has 1 aromatic carbocycles. The van der Waals surface area contributed by atoms with E-state index in [0.29, 0.717) is 6.61 Å². The molecule has 0 saturated carbocycles. The van der Waals surface area contributed by atoms with Crippen LogP contribution in [0.4, 0.5) is 0 Å². The normalized spacial score (nSPS) is 9.59. The standard InChI is InChI=1S/C14H18BrNO/c1-3-5-9-17-13-6-7-14(15)12(10-13)11-16-8-4-2/h6-7,10,16H,4,8-9,11H2,1-2H3. The van der Waals surface area contributed by atoms with Crippen LogP contribution in [0.1, 0.15) is 25.8 Å². The van der Waals surface area contributed by atoms with Crippen LogP contribution >= 0.6 is 15.9 Å². The van der Waals surface area contributed by atoms with Gasteiger partial charge in [0.15, 0.2) is 0 Å². The summed E-state index contributed by atoms with van der Waals surface area (Å²) in [5, 5.41) is 3.37. The first-order valence-electron chi connectivity index (χ1n) is 5.79. The molecular formula is C14H18BrNO. The number of rotatable bonds is 6. The fraction of sp³-hybridized carbons (Fsp3) is 0.429. The summed E-state index contributed by atoms with van der Waals surface area (Å²) >= 11 is 3.54. The number of ether oxygens (including phenoxy) is 1. The second-order valence-corrected chi connectivity index (χ2v) is 4.50. The van der Waals surface area contributed by atoms with Crippen molar-refractivity contribution in [2.45, 2.75) is 26.8 Å². The van der Waals surface area contributed by atoms with E-state index < -0.39 is 0 Å². The van der Waals surface area contributed by atoms with Crippen molar-refractivity contribution in [1.29, 1.82) is 0 Å². The summed E-state index contributed by atoms with van der Waals surface area (Å²) in [7, 11) is 0. The molecule has 0 aliphatic rings. The van der Waals surface area contributed by atoms with Gasteiger partial charge in [-0.1, -0.05) is 28.8 Å². The summed E-state index contributed by atoms with van der Waals surface area (Å²) in [6.07, 6.45) is 1.14. The molecule has 0 heterocycles. The Hall–Kier alpha value is -0.980. The van der Waals surface area contributed by atoms with Gasteiger partial charge in [-0.2, -0.15) is 0 Å². The highest BCUT2D eigenvalue weighted by Gasteiger charge is 2.01. The minimum atomic E-state index is 0.444. The lowest BCUT2D eigenvalue weighted by atomic mass is 10.2. The van der Waals surface area contributed by atoms with Crippen molar-refractivity contribution in [2.24, 2.45) is 0 Å². The van der Waals surface area contributed by atoms with Crippen molar-refractivity contribution in [3.8, 4) is 17.6 Å². The summed E-state index contributed by atoms with van der Waals surface area (Å²) in [6.45, 7) is 6.29. The smallest absolute Gasteiger partial charge is 0.149 e. The summed E-state index contributed by atoms with van der Waals surface area (Å²) in [4.78, 5) is 0. The van der Waals surface area contributed by atoms with Gasteiger partial charge in [-0.05, 0) is 43.7 Å².